The molecule has 172 valence electrons. The lowest BCUT2D eigenvalue weighted by molar-refractivity contribution is -0.137. The molecule has 2 aromatic carbocycles. The molecule has 0 aromatic heterocycles. The van der Waals surface area contributed by atoms with Crippen molar-refractivity contribution in [3.8, 4) is 5.75 Å². The number of hydrogen-bond acceptors (Lipinski definition) is 4. The topological polar surface area (TPSA) is 44.8 Å². The Morgan fingerprint density at radius 1 is 1.03 bits per heavy atom. The maximum Gasteiger partial charge on any atom is 0.416 e. The van der Waals surface area contributed by atoms with Crippen molar-refractivity contribution in [1.82, 2.24) is 15.1 Å². The number of hydrogen-bond donors (Lipinski definition) is 1. The van der Waals surface area contributed by atoms with E-state index < -0.39 is 11.7 Å². The van der Waals surface area contributed by atoms with Gasteiger partial charge >= 0.3 is 6.18 Å². The Morgan fingerprint density at radius 3 is 2.31 bits per heavy atom. The highest BCUT2D eigenvalue weighted by Crippen LogP contribution is 2.41. The SMILES string of the molecule is CN1CCN(C(=O)CN[C@H]2CC2c2ccc(OCc3ccc(C(F)(F)F)cc3)cc2)CC1. The predicted octanol–water partition coefficient (Wildman–Crippen LogP) is 3.50. The second-order valence-corrected chi connectivity index (χ2v) is 8.57. The Bertz CT molecular complexity index is 908. The van der Waals surface area contributed by atoms with Gasteiger partial charge in [0.2, 0.25) is 5.91 Å². The molecule has 1 heterocycles. The third kappa shape index (κ3) is 5.81. The van der Waals surface area contributed by atoms with E-state index in [2.05, 4.69) is 17.3 Å². The molecule has 1 N–H and O–H groups in total. The number of piperazine rings is 1. The molecule has 1 unspecified atom stereocenters. The molecular formula is C24H28F3N3O2. The van der Waals surface area contributed by atoms with E-state index in [0.29, 0.717) is 29.8 Å². The Morgan fingerprint density at radius 2 is 1.69 bits per heavy atom. The van der Waals surface area contributed by atoms with Crippen molar-refractivity contribution >= 4 is 5.91 Å². The molecule has 0 bridgehead atoms. The second-order valence-electron chi connectivity index (χ2n) is 8.57. The van der Waals surface area contributed by atoms with E-state index in [9.17, 15) is 18.0 Å². The summed E-state index contributed by atoms with van der Waals surface area (Å²) in [7, 11) is 2.07. The summed E-state index contributed by atoms with van der Waals surface area (Å²) >= 11 is 0. The van der Waals surface area contributed by atoms with E-state index in [-0.39, 0.29) is 12.5 Å². The summed E-state index contributed by atoms with van der Waals surface area (Å²) in [5, 5.41) is 3.37. The Labute approximate surface area is 186 Å². The number of nitrogens with one attached hydrogen (secondary N) is 1. The fraction of sp³-hybridized carbons (Fsp3) is 0.458. The minimum Gasteiger partial charge on any atom is -0.489 e. The molecule has 5 nitrogen and oxygen atoms in total. The number of alkyl halides is 3. The smallest absolute Gasteiger partial charge is 0.416 e. The maximum absolute atomic E-state index is 12.6. The van der Waals surface area contributed by atoms with E-state index >= 15 is 0 Å². The summed E-state index contributed by atoms with van der Waals surface area (Å²) in [6.45, 7) is 4.01. The fourth-order valence-corrected chi connectivity index (χ4v) is 3.94. The maximum atomic E-state index is 12.6. The van der Waals surface area contributed by atoms with Crippen LogP contribution in [0.2, 0.25) is 0 Å². The summed E-state index contributed by atoms with van der Waals surface area (Å²) in [4.78, 5) is 16.5. The first-order chi connectivity index (χ1) is 15.3. The quantitative estimate of drug-likeness (QED) is 0.706. The number of nitrogens with zero attached hydrogens (tertiary/aromatic N) is 2. The van der Waals surface area contributed by atoms with Gasteiger partial charge in [0.25, 0.3) is 0 Å². The normalized spacial score (nSPS) is 21.4. The van der Waals surface area contributed by atoms with Crippen LogP contribution in [-0.2, 0) is 17.6 Å². The molecule has 8 heteroatoms. The van der Waals surface area contributed by atoms with Crippen molar-refractivity contribution < 1.29 is 22.7 Å². The summed E-state index contributed by atoms with van der Waals surface area (Å²) in [6, 6.07) is 13.1. The van der Waals surface area contributed by atoms with Gasteiger partial charge in [-0.05, 0) is 48.9 Å². The number of carbonyl (C=O) groups is 1. The van der Waals surface area contributed by atoms with E-state index in [1.54, 1.807) is 0 Å². The highest BCUT2D eigenvalue weighted by atomic mass is 19.4. The number of likely N-dealkylation sites (N-methyl/N-ethyl adjacent to an activating group) is 1. The first-order valence-corrected chi connectivity index (χ1v) is 10.9. The van der Waals surface area contributed by atoms with Gasteiger partial charge in [-0.2, -0.15) is 13.2 Å². The number of amides is 1. The first kappa shape index (κ1) is 22.6. The molecule has 2 aromatic rings. The Balaban J connectivity index is 1.20. The molecular weight excluding hydrogens is 419 g/mol. The number of benzene rings is 2. The van der Waals surface area contributed by atoms with E-state index in [4.69, 9.17) is 4.74 Å². The van der Waals surface area contributed by atoms with Crippen LogP contribution in [0.3, 0.4) is 0 Å². The Kier molecular flexibility index (Phi) is 6.71. The molecule has 1 saturated carbocycles. The molecule has 2 atom stereocenters. The number of halogens is 3. The van der Waals surface area contributed by atoms with Crippen LogP contribution in [0, 0.1) is 0 Å². The van der Waals surface area contributed by atoms with Gasteiger partial charge in [-0.3, -0.25) is 4.79 Å². The van der Waals surface area contributed by atoms with Crippen LogP contribution in [0.4, 0.5) is 13.2 Å². The summed E-state index contributed by atoms with van der Waals surface area (Å²) in [6.07, 6.45) is -3.33. The molecule has 1 aliphatic heterocycles. The average molecular weight is 448 g/mol. The predicted molar refractivity (Wildman–Crippen MR) is 115 cm³/mol. The molecule has 1 amide bonds. The van der Waals surface area contributed by atoms with Crippen LogP contribution in [0.15, 0.2) is 48.5 Å². The van der Waals surface area contributed by atoms with Crippen molar-refractivity contribution in [2.75, 3.05) is 39.8 Å². The summed E-state index contributed by atoms with van der Waals surface area (Å²) < 4.78 is 43.6. The van der Waals surface area contributed by atoms with E-state index in [1.165, 1.54) is 17.7 Å². The molecule has 1 aliphatic carbocycles. The molecule has 1 saturated heterocycles. The van der Waals surface area contributed by atoms with Crippen molar-refractivity contribution in [3.05, 3.63) is 65.2 Å². The molecule has 0 spiro atoms. The van der Waals surface area contributed by atoms with Gasteiger partial charge in [0.05, 0.1) is 12.1 Å². The van der Waals surface area contributed by atoms with E-state index in [1.807, 2.05) is 29.2 Å². The van der Waals surface area contributed by atoms with Gasteiger partial charge < -0.3 is 19.9 Å². The lowest BCUT2D eigenvalue weighted by atomic mass is 10.1. The largest absolute Gasteiger partial charge is 0.489 e. The van der Waals surface area contributed by atoms with Gasteiger partial charge in [0.15, 0.2) is 0 Å². The third-order valence-electron chi connectivity index (χ3n) is 6.16. The molecule has 2 aliphatic rings. The van der Waals surface area contributed by atoms with Crippen molar-refractivity contribution in [2.45, 2.75) is 31.2 Å². The number of ether oxygens (including phenoxy) is 1. The van der Waals surface area contributed by atoms with Crippen LogP contribution in [0.25, 0.3) is 0 Å². The molecule has 32 heavy (non-hydrogen) atoms. The van der Waals surface area contributed by atoms with Crippen molar-refractivity contribution in [3.63, 3.8) is 0 Å². The highest BCUT2D eigenvalue weighted by Gasteiger charge is 2.38. The van der Waals surface area contributed by atoms with Gasteiger partial charge in [0.1, 0.15) is 12.4 Å². The van der Waals surface area contributed by atoms with Crippen molar-refractivity contribution in [1.29, 1.82) is 0 Å². The number of rotatable bonds is 7. The van der Waals surface area contributed by atoms with Crippen LogP contribution >= 0.6 is 0 Å². The lowest BCUT2D eigenvalue weighted by Crippen LogP contribution is -2.49. The second kappa shape index (κ2) is 9.50. The molecule has 0 radical (unpaired) electrons. The van der Waals surface area contributed by atoms with E-state index in [0.717, 1.165) is 44.7 Å². The fourth-order valence-electron chi connectivity index (χ4n) is 3.94. The summed E-state index contributed by atoms with van der Waals surface area (Å²) in [5.74, 6) is 1.22. The van der Waals surface area contributed by atoms with Gasteiger partial charge in [-0.15, -0.1) is 0 Å². The van der Waals surface area contributed by atoms with Gasteiger partial charge in [0, 0.05) is 38.1 Å². The monoisotopic (exact) mass is 447 g/mol. The zero-order valence-corrected chi connectivity index (χ0v) is 18.1. The minimum atomic E-state index is -4.33. The Hall–Kier alpha value is -2.58. The van der Waals surface area contributed by atoms with Crippen LogP contribution in [-0.4, -0.2) is 61.5 Å². The highest BCUT2D eigenvalue weighted by molar-refractivity contribution is 5.78. The first-order valence-electron chi connectivity index (χ1n) is 10.9. The standard InChI is InChI=1S/C24H28F3N3O2/c1-29-10-12-30(13-11-29)23(31)15-28-22-14-21(22)18-4-8-20(9-5-18)32-16-17-2-6-19(7-3-17)24(25,26)27/h2-9,21-22,28H,10-16H2,1H3/t21?,22-/m0/s1. The number of carbonyl (C=O) groups excluding carboxylic acids is 1. The third-order valence-corrected chi connectivity index (χ3v) is 6.16. The zero-order valence-electron chi connectivity index (χ0n) is 18.1. The zero-order chi connectivity index (χ0) is 22.7. The van der Waals surface area contributed by atoms with Crippen molar-refractivity contribution in [2.24, 2.45) is 0 Å². The summed E-state index contributed by atoms with van der Waals surface area (Å²) in [5.41, 5.74) is 1.21. The minimum absolute atomic E-state index is 0.163. The van der Waals surface area contributed by atoms with Gasteiger partial charge in [-0.25, -0.2) is 0 Å². The lowest BCUT2D eigenvalue weighted by Gasteiger charge is -2.32. The molecule has 4 rings (SSSR count). The molecule has 2 fully saturated rings. The average Bonchev–Trinajstić information content (AvgIpc) is 3.56. The van der Waals surface area contributed by atoms with Crippen LogP contribution in [0.1, 0.15) is 29.0 Å². The van der Waals surface area contributed by atoms with Crippen LogP contribution in [0.5, 0.6) is 5.75 Å². The van der Waals surface area contributed by atoms with Crippen LogP contribution < -0.4 is 10.1 Å². The van der Waals surface area contributed by atoms with Gasteiger partial charge in [-0.1, -0.05) is 24.3 Å².